The number of benzene rings is 1. The third-order valence-electron chi connectivity index (χ3n) is 5.43. The molecule has 1 aliphatic heterocycles. The molecule has 1 aromatic heterocycles. The van der Waals surface area contributed by atoms with Gasteiger partial charge in [-0.15, -0.1) is 0 Å². The van der Waals surface area contributed by atoms with Crippen molar-refractivity contribution in [2.75, 3.05) is 30.3 Å². The topological polar surface area (TPSA) is 131 Å². The number of nitrogen functional groups attached to an aromatic ring is 1. The maximum absolute atomic E-state index is 13.2. The van der Waals surface area contributed by atoms with Crippen LogP contribution in [0, 0.1) is 0 Å². The summed E-state index contributed by atoms with van der Waals surface area (Å²) < 4.78 is 6.70. The molecule has 2 heterocycles. The van der Waals surface area contributed by atoms with Crippen LogP contribution in [-0.2, 0) is 16.6 Å². The lowest BCUT2D eigenvalue weighted by molar-refractivity contribution is -0.150. The molecular formula is C22H27Cl2N5O5S. The van der Waals surface area contributed by atoms with E-state index < -0.39 is 28.8 Å². The van der Waals surface area contributed by atoms with Gasteiger partial charge in [0, 0.05) is 25.0 Å². The van der Waals surface area contributed by atoms with Crippen LogP contribution in [0.5, 0.6) is 0 Å². The number of anilines is 2. The average molecular weight is 544 g/mol. The number of aliphatic carboxylic acids is 1. The Morgan fingerprint density at radius 3 is 2.51 bits per heavy atom. The van der Waals surface area contributed by atoms with Crippen molar-refractivity contribution in [2.45, 2.75) is 48.6 Å². The van der Waals surface area contributed by atoms with E-state index in [1.807, 2.05) is 0 Å². The molecule has 3 rings (SSSR count). The number of nitrogens with zero attached hydrogens (tertiary/aromatic N) is 4. The molecule has 10 nitrogen and oxygen atoms in total. The molecule has 0 bridgehead atoms. The quantitative estimate of drug-likeness (QED) is 0.591. The summed E-state index contributed by atoms with van der Waals surface area (Å²) >= 11 is 13.4. The van der Waals surface area contributed by atoms with Crippen LogP contribution in [0.2, 0.25) is 10.0 Å². The highest BCUT2D eigenvalue weighted by atomic mass is 35.5. The van der Waals surface area contributed by atoms with Gasteiger partial charge in [-0.2, -0.15) is 4.98 Å². The molecule has 1 atom stereocenters. The van der Waals surface area contributed by atoms with Crippen LogP contribution in [0.3, 0.4) is 0 Å². The van der Waals surface area contributed by atoms with Gasteiger partial charge in [-0.1, -0.05) is 41.0 Å². The molecule has 0 radical (unpaired) electrons. The van der Waals surface area contributed by atoms with Crippen molar-refractivity contribution in [3.63, 3.8) is 0 Å². The van der Waals surface area contributed by atoms with Crippen molar-refractivity contribution in [2.24, 2.45) is 7.05 Å². The Balaban J connectivity index is 1.94. The zero-order valence-electron chi connectivity index (χ0n) is 20.0. The lowest BCUT2D eigenvalue weighted by atomic mass is 9.97. The standard InChI is InChI=1S/C22H27Cl2N5O5S/c1-21(2,3)34-20(33)29-10-9-28(11-22(29,4)18(31)32)19-26-16(25)15(17(30)27(19)5)35-13-8-6-7-12(23)14(13)24/h6-8H,9-11,25H2,1-5H3,(H,31,32)/t22-/m1/s1. The predicted molar refractivity (Wildman–Crippen MR) is 136 cm³/mol. The van der Waals surface area contributed by atoms with Crippen LogP contribution in [0.1, 0.15) is 27.7 Å². The van der Waals surface area contributed by atoms with Gasteiger partial charge >= 0.3 is 12.1 Å². The van der Waals surface area contributed by atoms with Gasteiger partial charge in [0.25, 0.3) is 5.56 Å². The molecule has 3 N–H and O–H groups in total. The smallest absolute Gasteiger partial charge is 0.411 e. The van der Waals surface area contributed by atoms with Crippen LogP contribution in [-0.4, -0.2) is 62.4 Å². The summed E-state index contributed by atoms with van der Waals surface area (Å²) in [5.74, 6) is -1.06. The minimum atomic E-state index is -1.63. The van der Waals surface area contributed by atoms with Gasteiger partial charge in [0.15, 0.2) is 5.54 Å². The van der Waals surface area contributed by atoms with Gasteiger partial charge in [0.2, 0.25) is 5.95 Å². The Morgan fingerprint density at radius 1 is 1.26 bits per heavy atom. The lowest BCUT2D eigenvalue weighted by Gasteiger charge is -2.46. The van der Waals surface area contributed by atoms with Crippen molar-refractivity contribution in [3.8, 4) is 0 Å². The summed E-state index contributed by atoms with van der Waals surface area (Å²) in [6, 6.07) is 5.04. The predicted octanol–water partition coefficient (Wildman–Crippen LogP) is 3.72. The first-order chi connectivity index (χ1) is 16.2. The summed E-state index contributed by atoms with van der Waals surface area (Å²) in [6.07, 6.45) is -0.728. The van der Waals surface area contributed by atoms with E-state index in [0.717, 1.165) is 11.8 Å². The fourth-order valence-electron chi connectivity index (χ4n) is 3.60. The number of hydrogen-bond acceptors (Lipinski definition) is 8. The number of carbonyl (C=O) groups is 2. The van der Waals surface area contributed by atoms with E-state index in [0.29, 0.717) is 14.9 Å². The summed E-state index contributed by atoms with van der Waals surface area (Å²) in [7, 11) is 1.52. The number of hydrogen-bond donors (Lipinski definition) is 2. The summed E-state index contributed by atoms with van der Waals surface area (Å²) in [4.78, 5) is 46.1. The van der Waals surface area contributed by atoms with E-state index >= 15 is 0 Å². The van der Waals surface area contributed by atoms with Gasteiger partial charge < -0.3 is 20.5 Å². The van der Waals surface area contributed by atoms with Crippen LogP contribution in [0.4, 0.5) is 16.6 Å². The van der Waals surface area contributed by atoms with Gasteiger partial charge in [-0.25, -0.2) is 9.59 Å². The average Bonchev–Trinajstić information content (AvgIpc) is 2.75. The molecule has 190 valence electrons. The second-order valence-corrected chi connectivity index (χ2v) is 11.1. The summed E-state index contributed by atoms with van der Waals surface area (Å²) in [5.41, 5.74) is 3.31. The lowest BCUT2D eigenvalue weighted by Crippen LogP contribution is -2.67. The second-order valence-electron chi connectivity index (χ2n) is 9.28. The number of aromatic nitrogens is 2. The summed E-state index contributed by atoms with van der Waals surface area (Å²) in [6.45, 7) is 6.68. The second kappa shape index (κ2) is 9.79. The molecule has 1 aromatic carbocycles. The maximum Gasteiger partial charge on any atom is 0.411 e. The number of carbonyl (C=O) groups excluding carboxylic acids is 1. The van der Waals surface area contributed by atoms with E-state index in [-0.39, 0.29) is 36.3 Å². The van der Waals surface area contributed by atoms with Crippen molar-refractivity contribution in [1.82, 2.24) is 14.5 Å². The molecule has 1 saturated heterocycles. The molecule has 1 amide bonds. The number of carboxylic acid groups (broad SMARTS) is 1. The minimum Gasteiger partial charge on any atom is -0.479 e. The van der Waals surface area contributed by atoms with Gasteiger partial charge in [-0.3, -0.25) is 14.3 Å². The number of rotatable bonds is 4. The van der Waals surface area contributed by atoms with E-state index in [9.17, 15) is 19.5 Å². The SMILES string of the molecule is Cn1c(N2CCN(C(=O)OC(C)(C)C)[C@@](C)(C(=O)O)C2)nc(N)c(Sc2cccc(Cl)c2Cl)c1=O. The summed E-state index contributed by atoms with van der Waals surface area (Å²) in [5, 5.41) is 10.6. The van der Waals surface area contributed by atoms with Crippen LogP contribution in [0.15, 0.2) is 32.8 Å². The fraction of sp³-hybridized carbons (Fsp3) is 0.455. The Morgan fingerprint density at radius 2 is 1.91 bits per heavy atom. The zero-order valence-corrected chi connectivity index (χ0v) is 22.3. The maximum atomic E-state index is 13.2. The monoisotopic (exact) mass is 543 g/mol. The molecular weight excluding hydrogens is 517 g/mol. The molecule has 13 heteroatoms. The van der Waals surface area contributed by atoms with Gasteiger partial charge in [-0.05, 0) is 39.8 Å². The third-order valence-corrected chi connectivity index (χ3v) is 7.50. The van der Waals surface area contributed by atoms with E-state index in [1.54, 1.807) is 43.9 Å². The number of halogens is 2. The fourth-order valence-corrected chi connectivity index (χ4v) is 5.02. The first-order valence-electron chi connectivity index (χ1n) is 10.6. The van der Waals surface area contributed by atoms with Crippen molar-refractivity contribution in [1.29, 1.82) is 0 Å². The molecule has 0 unspecified atom stereocenters. The van der Waals surface area contributed by atoms with E-state index in [1.165, 1.54) is 23.4 Å². The van der Waals surface area contributed by atoms with Gasteiger partial charge in [0.05, 0.1) is 16.6 Å². The van der Waals surface area contributed by atoms with Crippen molar-refractivity contribution < 1.29 is 19.4 Å². The third kappa shape index (κ3) is 5.46. The van der Waals surface area contributed by atoms with Crippen molar-refractivity contribution in [3.05, 3.63) is 38.6 Å². The Hall–Kier alpha value is -2.63. The molecule has 1 aliphatic rings. The molecule has 0 spiro atoms. The molecule has 2 aromatic rings. The first kappa shape index (κ1) is 27.0. The highest BCUT2D eigenvalue weighted by Gasteiger charge is 2.48. The van der Waals surface area contributed by atoms with Crippen molar-refractivity contribution >= 4 is 58.8 Å². The van der Waals surface area contributed by atoms with E-state index in [2.05, 4.69) is 4.98 Å². The Kier molecular flexibility index (Phi) is 7.54. The molecule has 0 aliphatic carbocycles. The minimum absolute atomic E-state index is 0.0317. The number of carboxylic acids is 1. The largest absolute Gasteiger partial charge is 0.479 e. The van der Waals surface area contributed by atoms with Crippen LogP contribution >= 0.6 is 35.0 Å². The first-order valence-corrected chi connectivity index (χ1v) is 12.2. The normalized spacial score (nSPS) is 18.5. The number of ether oxygens (including phenoxy) is 1. The number of nitrogens with two attached hydrogens (primary N) is 1. The zero-order chi connectivity index (χ0) is 26.3. The number of amides is 1. The molecule has 1 fully saturated rings. The van der Waals surface area contributed by atoms with Crippen LogP contribution < -0.4 is 16.2 Å². The van der Waals surface area contributed by atoms with Crippen LogP contribution in [0.25, 0.3) is 0 Å². The highest BCUT2D eigenvalue weighted by molar-refractivity contribution is 7.99. The Bertz CT molecular complexity index is 1230. The number of piperazine rings is 1. The molecule has 0 saturated carbocycles. The van der Waals surface area contributed by atoms with Gasteiger partial charge in [0.1, 0.15) is 16.3 Å². The molecule has 35 heavy (non-hydrogen) atoms. The Labute approximate surface area is 216 Å². The van der Waals surface area contributed by atoms with E-state index in [4.69, 9.17) is 33.7 Å². The highest BCUT2D eigenvalue weighted by Crippen LogP contribution is 2.38.